The Kier molecular flexibility index (Phi) is 2.68. The lowest BCUT2D eigenvalue weighted by Gasteiger charge is -1.98. The number of aryl methyl sites for hydroxylation is 3. The number of aromatic nitrogens is 2. The second kappa shape index (κ2) is 3.87. The Balaban J connectivity index is 2.49. The molecule has 0 aromatic carbocycles. The lowest BCUT2D eigenvalue weighted by molar-refractivity contribution is 0.103. The van der Waals surface area contributed by atoms with Crippen LogP contribution in [-0.4, -0.2) is 15.6 Å². The van der Waals surface area contributed by atoms with Gasteiger partial charge in [-0.25, -0.2) is 0 Å². The quantitative estimate of drug-likeness (QED) is 0.749. The molecule has 0 saturated heterocycles. The topological polar surface area (TPSA) is 34.9 Å². The number of hydrogen-bond acceptors (Lipinski definition) is 3. The fourth-order valence-corrected chi connectivity index (χ4v) is 2.49. The highest BCUT2D eigenvalue weighted by Gasteiger charge is 2.19. The molecule has 3 nitrogen and oxygen atoms in total. The molecule has 2 aromatic heterocycles. The van der Waals surface area contributed by atoms with E-state index < -0.39 is 0 Å². The van der Waals surface area contributed by atoms with Gasteiger partial charge in [-0.15, -0.1) is 11.3 Å². The molecule has 2 rings (SSSR count). The van der Waals surface area contributed by atoms with E-state index in [-0.39, 0.29) is 5.78 Å². The number of thiophene rings is 1. The Morgan fingerprint density at radius 3 is 2.50 bits per heavy atom. The zero-order valence-electron chi connectivity index (χ0n) is 9.87. The van der Waals surface area contributed by atoms with Gasteiger partial charge in [0.2, 0.25) is 0 Å². The van der Waals surface area contributed by atoms with Crippen LogP contribution in [0.3, 0.4) is 0 Å². The molecule has 0 aliphatic carbocycles. The Morgan fingerprint density at radius 1 is 1.38 bits per heavy atom. The average molecular weight is 234 g/mol. The van der Waals surface area contributed by atoms with Gasteiger partial charge < -0.3 is 0 Å². The number of carbonyl (C=O) groups excluding carboxylic acids is 1. The van der Waals surface area contributed by atoms with Gasteiger partial charge in [0.15, 0.2) is 5.78 Å². The van der Waals surface area contributed by atoms with Gasteiger partial charge in [0.05, 0.1) is 11.3 Å². The van der Waals surface area contributed by atoms with Crippen LogP contribution in [-0.2, 0) is 7.05 Å². The predicted octanol–water partition coefficient (Wildman–Crippen LogP) is 2.64. The summed E-state index contributed by atoms with van der Waals surface area (Å²) in [7, 11) is 1.86. The first kappa shape index (κ1) is 11.1. The summed E-state index contributed by atoms with van der Waals surface area (Å²) in [6.45, 7) is 5.80. The monoisotopic (exact) mass is 234 g/mol. The van der Waals surface area contributed by atoms with Crippen molar-refractivity contribution >= 4 is 17.1 Å². The van der Waals surface area contributed by atoms with Gasteiger partial charge in [-0.2, -0.15) is 5.10 Å². The standard InChI is InChI=1S/C12H14N2OS/c1-7-5-10(6-16-7)12(15)11-8(2)13-14(4)9(11)3/h5-6H,1-4H3. The number of carbonyl (C=O) groups is 1. The third kappa shape index (κ3) is 1.69. The first-order valence-corrected chi connectivity index (χ1v) is 5.98. The number of ketones is 1. The van der Waals surface area contributed by atoms with Gasteiger partial charge in [-0.05, 0) is 26.8 Å². The van der Waals surface area contributed by atoms with Crippen LogP contribution in [0, 0.1) is 20.8 Å². The van der Waals surface area contributed by atoms with E-state index in [1.54, 1.807) is 16.0 Å². The summed E-state index contributed by atoms with van der Waals surface area (Å²) in [4.78, 5) is 13.4. The summed E-state index contributed by atoms with van der Waals surface area (Å²) < 4.78 is 1.75. The van der Waals surface area contributed by atoms with Crippen molar-refractivity contribution in [2.24, 2.45) is 7.05 Å². The van der Waals surface area contributed by atoms with Crippen molar-refractivity contribution < 1.29 is 4.79 Å². The Morgan fingerprint density at radius 2 is 2.06 bits per heavy atom. The zero-order chi connectivity index (χ0) is 11.9. The van der Waals surface area contributed by atoms with Gasteiger partial charge in [-0.3, -0.25) is 9.48 Å². The van der Waals surface area contributed by atoms with Crippen molar-refractivity contribution in [2.45, 2.75) is 20.8 Å². The molecule has 0 amide bonds. The van der Waals surface area contributed by atoms with Gasteiger partial charge in [-0.1, -0.05) is 0 Å². The lowest BCUT2D eigenvalue weighted by Crippen LogP contribution is -2.03. The second-order valence-electron chi connectivity index (χ2n) is 3.94. The second-order valence-corrected chi connectivity index (χ2v) is 5.06. The molecule has 2 heterocycles. The predicted molar refractivity (Wildman–Crippen MR) is 65.2 cm³/mol. The number of nitrogens with zero attached hydrogens (tertiary/aromatic N) is 2. The molecule has 0 radical (unpaired) electrons. The number of hydrogen-bond donors (Lipinski definition) is 0. The van der Waals surface area contributed by atoms with Crippen LogP contribution in [0.25, 0.3) is 0 Å². The minimum absolute atomic E-state index is 0.0763. The largest absolute Gasteiger partial charge is 0.288 e. The molecular weight excluding hydrogens is 220 g/mol. The van der Waals surface area contributed by atoms with Gasteiger partial charge in [0, 0.05) is 28.6 Å². The van der Waals surface area contributed by atoms with Crippen molar-refractivity contribution in [1.82, 2.24) is 9.78 Å². The normalized spacial score (nSPS) is 10.8. The minimum atomic E-state index is 0.0763. The highest BCUT2D eigenvalue weighted by Crippen LogP contribution is 2.21. The first-order chi connectivity index (χ1) is 7.50. The van der Waals surface area contributed by atoms with Crippen molar-refractivity contribution in [2.75, 3.05) is 0 Å². The van der Waals surface area contributed by atoms with E-state index in [0.717, 1.165) is 27.4 Å². The van der Waals surface area contributed by atoms with Gasteiger partial charge in [0.1, 0.15) is 0 Å². The average Bonchev–Trinajstić information content (AvgIpc) is 2.73. The maximum atomic E-state index is 12.3. The van der Waals surface area contributed by atoms with Crippen LogP contribution in [0.1, 0.15) is 32.2 Å². The van der Waals surface area contributed by atoms with Crippen LogP contribution in [0.2, 0.25) is 0 Å². The molecule has 0 N–H and O–H groups in total. The summed E-state index contributed by atoms with van der Waals surface area (Å²) in [5.74, 6) is 0.0763. The van der Waals surface area contributed by atoms with E-state index in [1.165, 1.54) is 0 Å². The van der Waals surface area contributed by atoms with E-state index in [9.17, 15) is 4.79 Å². The Hall–Kier alpha value is -1.42. The molecular formula is C12H14N2OS. The molecule has 0 unspecified atom stereocenters. The summed E-state index contributed by atoms with van der Waals surface area (Å²) in [6.07, 6.45) is 0. The SMILES string of the molecule is Cc1cc(C(=O)c2c(C)nn(C)c2C)cs1. The zero-order valence-corrected chi connectivity index (χ0v) is 10.7. The summed E-state index contributed by atoms with van der Waals surface area (Å²) >= 11 is 1.60. The van der Waals surface area contributed by atoms with Gasteiger partial charge >= 0.3 is 0 Å². The molecule has 0 bridgehead atoms. The van der Waals surface area contributed by atoms with Crippen molar-refractivity contribution in [3.05, 3.63) is 38.8 Å². The minimum Gasteiger partial charge on any atom is -0.288 e. The molecule has 16 heavy (non-hydrogen) atoms. The van der Waals surface area contributed by atoms with Crippen LogP contribution < -0.4 is 0 Å². The maximum absolute atomic E-state index is 12.3. The Labute approximate surface area is 98.7 Å². The van der Waals surface area contributed by atoms with Crippen molar-refractivity contribution in [1.29, 1.82) is 0 Å². The third-order valence-electron chi connectivity index (χ3n) is 2.73. The van der Waals surface area contributed by atoms with E-state index in [4.69, 9.17) is 0 Å². The summed E-state index contributed by atoms with van der Waals surface area (Å²) in [6, 6.07) is 1.93. The molecule has 0 fully saturated rings. The third-order valence-corrected chi connectivity index (χ3v) is 3.59. The van der Waals surface area contributed by atoms with E-state index in [1.807, 2.05) is 39.3 Å². The lowest BCUT2D eigenvalue weighted by atomic mass is 10.0. The van der Waals surface area contributed by atoms with Crippen LogP contribution >= 0.6 is 11.3 Å². The van der Waals surface area contributed by atoms with Crippen molar-refractivity contribution in [3.8, 4) is 0 Å². The molecule has 0 aliphatic heterocycles. The Bertz CT molecular complexity index is 551. The molecule has 84 valence electrons. The molecule has 0 aliphatic rings. The summed E-state index contributed by atoms with van der Waals surface area (Å²) in [5, 5.41) is 6.17. The number of rotatable bonds is 2. The summed E-state index contributed by atoms with van der Waals surface area (Å²) in [5.41, 5.74) is 3.22. The van der Waals surface area contributed by atoms with E-state index >= 15 is 0 Å². The fourth-order valence-electron chi connectivity index (χ4n) is 1.81. The van der Waals surface area contributed by atoms with Crippen LogP contribution in [0.4, 0.5) is 0 Å². The van der Waals surface area contributed by atoms with Crippen LogP contribution in [0.5, 0.6) is 0 Å². The first-order valence-electron chi connectivity index (χ1n) is 5.10. The molecule has 2 aromatic rings. The molecule has 0 spiro atoms. The fraction of sp³-hybridized carbons (Fsp3) is 0.333. The smallest absolute Gasteiger partial charge is 0.197 e. The highest BCUT2D eigenvalue weighted by atomic mass is 32.1. The maximum Gasteiger partial charge on any atom is 0.197 e. The van der Waals surface area contributed by atoms with Gasteiger partial charge in [0.25, 0.3) is 0 Å². The molecule has 4 heteroatoms. The molecule has 0 atom stereocenters. The van der Waals surface area contributed by atoms with E-state index in [0.29, 0.717) is 0 Å². The van der Waals surface area contributed by atoms with Crippen LogP contribution in [0.15, 0.2) is 11.4 Å². The highest BCUT2D eigenvalue weighted by molar-refractivity contribution is 7.10. The van der Waals surface area contributed by atoms with Crippen molar-refractivity contribution in [3.63, 3.8) is 0 Å². The van der Waals surface area contributed by atoms with E-state index in [2.05, 4.69) is 5.10 Å². The molecule has 0 saturated carbocycles.